The first kappa shape index (κ1) is 14.5. The van der Waals surface area contributed by atoms with Gasteiger partial charge in [0, 0.05) is 12.1 Å². The highest BCUT2D eigenvalue weighted by Gasteiger charge is 2.33. The monoisotopic (exact) mass is 293 g/mol. The molecule has 1 aromatic carbocycles. The zero-order valence-corrected chi connectivity index (χ0v) is 12.3. The number of nitrogens with zero attached hydrogens (tertiary/aromatic N) is 1. The maximum atomic E-state index is 12.0. The third kappa shape index (κ3) is 2.65. The molecule has 2 amide bonds. The average molecular weight is 293 g/mol. The van der Waals surface area contributed by atoms with E-state index in [2.05, 4.69) is 0 Å². The second kappa shape index (κ2) is 6.00. The van der Waals surface area contributed by atoms with Gasteiger partial charge in [-0.2, -0.15) is 0 Å². The number of thioether (sulfide) groups is 1. The molecule has 1 fully saturated rings. The summed E-state index contributed by atoms with van der Waals surface area (Å²) in [6.45, 7) is 2.14. The number of benzene rings is 1. The van der Waals surface area contributed by atoms with Gasteiger partial charge in [0.15, 0.2) is 0 Å². The van der Waals surface area contributed by atoms with E-state index < -0.39 is 0 Å². The van der Waals surface area contributed by atoms with Crippen molar-refractivity contribution in [2.24, 2.45) is 0 Å². The quantitative estimate of drug-likeness (QED) is 0.799. The second-order valence-corrected chi connectivity index (χ2v) is 5.03. The van der Waals surface area contributed by atoms with Crippen LogP contribution in [0.2, 0.25) is 0 Å². The molecule has 5 nitrogen and oxygen atoms in total. The molecular formula is C14H15NO4S. The van der Waals surface area contributed by atoms with Crippen LogP contribution in [0.1, 0.15) is 12.5 Å². The largest absolute Gasteiger partial charge is 0.497 e. The van der Waals surface area contributed by atoms with Gasteiger partial charge in [0.1, 0.15) is 11.5 Å². The lowest BCUT2D eigenvalue weighted by molar-refractivity contribution is -0.122. The number of likely N-dealkylation sites (N-methyl/N-ethyl adjacent to an activating group) is 1. The molecule has 1 aromatic rings. The van der Waals surface area contributed by atoms with E-state index in [1.165, 1.54) is 4.90 Å². The van der Waals surface area contributed by atoms with Crippen molar-refractivity contribution in [1.29, 1.82) is 0 Å². The predicted octanol–water partition coefficient (Wildman–Crippen LogP) is 2.76. The standard InChI is InChI=1S/C14H15NO4S/c1-4-15-13(16)12(20-14(15)17)8-9-7-10(18-2)5-6-11(9)19-3/h5-8H,4H2,1-3H3/b12-8+. The Morgan fingerprint density at radius 2 is 2.00 bits per heavy atom. The van der Waals surface area contributed by atoms with E-state index in [-0.39, 0.29) is 11.1 Å². The van der Waals surface area contributed by atoms with Crippen LogP contribution in [-0.2, 0) is 4.79 Å². The smallest absolute Gasteiger partial charge is 0.293 e. The van der Waals surface area contributed by atoms with Crippen LogP contribution >= 0.6 is 11.8 Å². The number of hydrogen-bond donors (Lipinski definition) is 0. The molecular weight excluding hydrogens is 278 g/mol. The van der Waals surface area contributed by atoms with Crippen molar-refractivity contribution in [3.8, 4) is 11.5 Å². The molecule has 1 aliphatic heterocycles. The van der Waals surface area contributed by atoms with Crippen LogP contribution in [0, 0.1) is 0 Å². The fraction of sp³-hybridized carbons (Fsp3) is 0.286. The van der Waals surface area contributed by atoms with Crippen molar-refractivity contribution in [2.45, 2.75) is 6.92 Å². The van der Waals surface area contributed by atoms with E-state index in [1.54, 1.807) is 45.4 Å². The van der Waals surface area contributed by atoms with Gasteiger partial charge in [-0.25, -0.2) is 0 Å². The summed E-state index contributed by atoms with van der Waals surface area (Å²) in [7, 11) is 3.12. The van der Waals surface area contributed by atoms with E-state index in [4.69, 9.17) is 9.47 Å². The Kier molecular flexibility index (Phi) is 4.34. The van der Waals surface area contributed by atoms with Crippen molar-refractivity contribution in [1.82, 2.24) is 4.90 Å². The Morgan fingerprint density at radius 1 is 1.25 bits per heavy atom. The minimum absolute atomic E-state index is 0.245. The fourth-order valence-corrected chi connectivity index (χ4v) is 2.76. The van der Waals surface area contributed by atoms with E-state index in [0.29, 0.717) is 28.5 Å². The van der Waals surface area contributed by atoms with Gasteiger partial charge in [-0.15, -0.1) is 0 Å². The van der Waals surface area contributed by atoms with Crippen molar-refractivity contribution in [3.63, 3.8) is 0 Å². The minimum Gasteiger partial charge on any atom is -0.497 e. The molecule has 6 heteroatoms. The van der Waals surface area contributed by atoms with Crippen molar-refractivity contribution in [3.05, 3.63) is 28.7 Å². The lowest BCUT2D eigenvalue weighted by atomic mass is 10.1. The normalized spacial score (nSPS) is 16.9. The summed E-state index contributed by atoms with van der Waals surface area (Å²) in [6.07, 6.45) is 1.65. The first-order valence-electron chi connectivity index (χ1n) is 6.08. The highest BCUT2D eigenvalue weighted by molar-refractivity contribution is 8.18. The van der Waals surface area contributed by atoms with E-state index in [1.807, 2.05) is 0 Å². The van der Waals surface area contributed by atoms with Gasteiger partial charge in [0.25, 0.3) is 11.1 Å². The maximum Gasteiger partial charge on any atom is 0.293 e. The predicted molar refractivity (Wildman–Crippen MR) is 77.9 cm³/mol. The summed E-state index contributed by atoms with van der Waals surface area (Å²) >= 11 is 0.936. The fourth-order valence-electron chi connectivity index (χ4n) is 1.87. The molecule has 0 aliphatic carbocycles. The molecule has 0 aromatic heterocycles. The topological polar surface area (TPSA) is 55.8 Å². The number of carbonyl (C=O) groups is 2. The average Bonchev–Trinajstić information content (AvgIpc) is 2.72. The zero-order valence-electron chi connectivity index (χ0n) is 11.5. The summed E-state index contributed by atoms with van der Waals surface area (Å²) < 4.78 is 10.4. The lowest BCUT2D eigenvalue weighted by Gasteiger charge is -2.08. The number of rotatable bonds is 4. The second-order valence-electron chi connectivity index (χ2n) is 4.03. The van der Waals surface area contributed by atoms with Gasteiger partial charge in [0.2, 0.25) is 0 Å². The Morgan fingerprint density at radius 3 is 2.55 bits per heavy atom. The van der Waals surface area contributed by atoms with Gasteiger partial charge in [-0.1, -0.05) is 0 Å². The molecule has 0 unspecified atom stereocenters. The summed E-state index contributed by atoms with van der Waals surface area (Å²) in [6, 6.07) is 5.29. The molecule has 0 bridgehead atoms. The number of carbonyl (C=O) groups excluding carboxylic acids is 2. The van der Waals surface area contributed by atoms with E-state index in [9.17, 15) is 9.59 Å². The Bertz CT molecular complexity index is 583. The van der Waals surface area contributed by atoms with Crippen molar-refractivity contribution in [2.75, 3.05) is 20.8 Å². The number of methoxy groups -OCH3 is 2. The maximum absolute atomic E-state index is 12.0. The SMILES string of the molecule is CCN1C(=O)S/C(=C/c2cc(OC)ccc2OC)C1=O. The molecule has 0 radical (unpaired) electrons. The molecule has 1 heterocycles. The van der Waals surface area contributed by atoms with Gasteiger partial charge >= 0.3 is 0 Å². The lowest BCUT2D eigenvalue weighted by Crippen LogP contribution is -2.27. The summed E-state index contributed by atoms with van der Waals surface area (Å²) in [5.41, 5.74) is 0.702. The molecule has 20 heavy (non-hydrogen) atoms. The third-order valence-electron chi connectivity index (χ3n) is 2.91. The number of amides is 2. The molecule has 106 valence electrons. The molecule has 1 saturated heterocycles. The van der Waals surface area contributed by atoms with Crippen LogP contribution in [0.5, 0.6) is 11.5 Å². The van der Waals surface area contributed by atoms with Crippen LogP contribution in [0.15, 0.2) is 23.1 Å². The summed E-state index contributed by atoms with van der Waals surface area (Å²) in [5, 5.41) is -0.245. The van der Waals surface area contributed by atoms with Crippen LogP contribution < -0.4 is 9.47 Å². The molecule has 0 saturated carbocycles. The zero-order chi connectivity index (χ0) is 14.7. The van der Waals surface area contributed by atoms with Crippen LogP contribution in [0.25, 0.3) is 6.08 Å². The van der Waals surface area contributed by atoms with Crippen LogP contribution in [0.3, 0.4) is 0 Å². The molecule has 1 aliphatic rings. The summed E-state index contributed by atoms with van der Waals surface area (Å²) in [4.78, 5) is 25.3. The van der Waals surface area contributed by atoms with Gasteiger partial charge in [-0.05, 0) is 43.0 Å². The van der Waals surface area contributed by atoms with Crippen LogP contribution in [0.4, 0.5) is 4.79 Å². The van der Waals surface area contributed by atoms with E-state index >= 15 is 0 Å². The summed E-state index contributed by atoms with van der Waals surface area (Å²) in [5.74, 6) is 1.01. The highest BCUT2D eigenvalue weighted by Crippen LogP contribution is 2.34. The van der Waals surface area contributed by atoms with Gasteiger partial charge in [0.05, 0.1) is 19.1 Å². The third-order valence-corrected chi connectivity index (χ3v) is 3.82. The number of ether oxygens (including phenoxy) is 2. The Hall–Kier alpha value is -1.95. The molecule has 0 N–H and O–H groups in total. The van der Waals surface area contributed by atoms with Crippen molar-refractivity contribution < 1.29 is 19.1 Å². The first-order chi connectivity index (χ1) is 9.60. The van der Waals surface area contributed by atoms with E-state index in [0.717, 1.165) is 11.8 Å². The number of hydrogen-bond acceptors (Lipinski definition) is 5. The van der Waals surface area contributed by atoms with Crippen molar-refractivity contribution >= 4 is 29.0 Å². The number of imide groups is 1. The molecule has 0 spiro atoms. The molecule has 0 atom stereocenters. The molecule has 2 rings (SSSR count). The first-order valence-corrected chi connectivity index (χ1v) is 6.89. The Balaban J connectivity index is 2.40. The minimum atomic E-state index is -0.271. The van der Waals surface area contributed by atoms with Gasteiger partial charge in [-0.3, -0.25) is 14.5 Å². The highest BCUT2D eigenvalue weighted by atomic mass is 32.2. The Labute approximate surface area is 121 Å². The van der Waals surface area contributed by atoms with Gasteiger partial charge < -0.3 is 9.47 Å². The van der Waals surface area contributed by atoms with Crippen LogP contribution in [-0.4, -0.2) is 36.8 Å².